The minimum absolute atomic E-state index is 0.618. The van der Waals surface area contributed by atoms with Crippen molar-refractivity contribution in [3.63, 3.8) is 0 Å². The van der Waals surface area contributed by atoms with E-state index in [1.165, 1.54) is 0 Å². The Morgan fingerprint density at radius 3 is 2.86 bits per heavy atom. The fourth-order valence-corrected chi connectivity index (χ4v) is 1.76. The molecule has 2 nitrogen and oxygen atoms in total. The Morgan fingerprint density at radius 2 is 2.21 bits per heavy atom. The summed E-state index contributed by atoms with van der Waals surface area (Å²) in [5.41, 5.74) is -1.12. The van der Waals surface area contributed by atoms with Gasteiger partial charge in [-0.25, -0.2) is 0 Å². The molecule has 1 aliphatic rings. The molecule has 0 bridgehead atoms. The average molecular weight is 196 g/mol. The second-order valence-corrected chi connectivity index (χ2v) is 4.09. The van der Waals surface area contributed by atoms with E-state index in [4.69, 9.17) is 0 Å². The van der Waals surface area contributed by atoms with Crippen LogP contribution in [-0.2, 0) is 0 Å². The number of aliphatic hydroxyl groups excluding tert-OH is 1. The van der Waals surface area contributed by atoms with E-state index in [1.54, 1.807) is 0 Å². The van der Waals surface area contributed by atoms with Gasteiger partial charge in [0.1, 0.15) is 0 Å². The van der Waals surface area contributed by atoms with E-state index in [0.717, 1.165) is 32.1 Å². The Hall–Kier alpha value is -0.520. The van der Waals surface area contributed by atoms with Gasteiger partial charge in [0.05, 0.1) is 6.10 Å². The number of hydrogen-bond acceptors (Lipinski definition) is 2. The summed E-state index contributed by atoms with van der Waals surface area (Å²) < 4.78 is 0. The zero-order valence-corrected chi connectivity index (χ0v) is 8.92. The molecule has 1 aliphatic carbocycles. The van der Waals surface area contributed by atoms with Crippen LogP contribution in [0.1, 0.15) is 51.9 Å². The van der Waals surface area contributed by atoms with Gasteiger partial charge in [0.15, 0.2) is 5.60 Å². The summed E-state index contributed by atoms with van der Waals surface area (Å²) in [5, 5.41) is 19.6. The first-order valence-corrected chi connectivity index (χ1v) is 5.59. The van der Waals surface area contributed by atoms with Gasteiger partial charge < -0.3 is 10.2 Å². The van der Waals surface area contributed by atoms with Crippen molar-refractivity contribution in [2.24, 2.45) is 0 Å². The third-order valence-electron chi connectivity index (χ3n) is 2.80. The molecular formula is C12H20O2. The van der Waals surface area contributed by atoms with Gasteiger partial charge in [0.2, 0.25) is 0 Å². The van der Waals surface area contributed by atoms with Gasteiger partial charge in [0, 0.05) is 6.42 Å². The van der Waals surface area contributed by atoms with Crippen molar-refractivity contribution in [2.75, 3.05) is 0 Å². The van der Waals surface area contributed by atoms with E-state index in [1.807, 2.05) is 0 Å². The summed E-state index contributed by atoms with van der Waals surface area (Å²) in [6, 6.07) is 0. The average Bonchev–Trinajstić information content (AvgIpc) is 2.18. The Bertz CT molecular complexity index is 226. The van der Waals surface area contributed by atoms with E-state index in [0.29, 0.717) is 12.8 Å². The molecule has 0 aromatic heterocycles. The Balaban J connectivity index is 2.48. The molecule has 2 heteroatoms. The standard InChI is InChI=1S/C12H20O2/c1-2-3-4-6-9-12(14)10-7-5-8-11(12)13/h11,13-14H,2-5,7-8,10H2,1H3/t11-,12+/m0/s1. The molecule has 0 heterocycles. The minimum Gasteiger partial charge on any atom is -0.389 e. The monoisotopic (exact) mass is 196 g/mol. The highest BCUT2D eigenvalue weighted by Gasteiger charge is 2.35. The Morgan fingerprint density at radius 1 is 1.43 bits per heavy atom. The Kier molecular flexibility index (Phi) is 4.44. The fourth-order valence-electron chi connectivity index (χ4n) is 1.76. The predicted octanol–water partition coefficient (Wildman–Crippen LogP) is 1.85. The van der Waals surface area contributed by atoms with Gasteiger partial charge in [-0.15, -0.1) is 5.92 Å². The zero-order chi connectivity index (χ0) is 10.4. The van der Waals surface area contributed by atoms with Gasteiger partial charge in [-0.3, -0.25) is 0 Å². The molecule has 0 aliphatic heterocycles. The summed E-state index contributed by atoms with van der Waals surface area (Å²) >= 11 is 0. The van der Waals surface area contributed by atoms with Crippen LogP contribution in [-0.4, -0.2) is 21.9 Å². The van der Waals surface area contributed by atoms with Crippen molar-refractivity contribution in [1.82, 2.24) is 0 Å². The molecule has 1 rings (SSSR count). The third kappa shape index (κ3) is 3.01. The van der Waals surface area contributed by atoms with E-state index >= 15 is 0 Å². The molecule has 0 aromatic rings. The van der Waals surface area contributed by atoms with E-state index in [2.05, 4.69) is 18.8 Å². The second kappa shape index (κ2) is 5.38. The summed E-state index contributed by atoms with van der Waals surface area (Å²) in [6.07, 6.45) is 5.63. The van der Waals surface area contributed by atoms with Gasteiger partial charge in [-0.05, 0) is 25.7 Å². The van der Waals surface area contributed by atoms with Crippen LogP contribution in [0.4, 0.5) is 0 Å². The lowest BCUT2D eigenvalue weighted by Gasteiger charge is -2.32. The van der Waals surface area contributed by atoms with Crippen LogP contribution in [0.3, 0.4) is 0 Å². The van der Waals surface area contributed by atoms with Crippen molar-refractivity contribution in [3.8, 4) is 11.8 Å². The molecule has 0 spiro atoms. The second-order valence-electron chi connectivity index (χ2n) is 4.09. The third-order valence-corrected chi connectivity index (χ3v) is 2.80. The number of unbranched alkanes of at least 4 members (excludes halogenated alkanes) is 2. The maximum Gasteiger partial charge on any atom is 0.151 e. The van der Waals surface area contributed by atoms with Crippen molar-refractivity contribution < 1.29 is 10.2 Å². The van der Waals surface area contributed by atoms with E-state index in [9.17, 15) is 10.2 Å². The van der Waals surface area contributed by atoms with Crippen LogP contribution in [0.15, 0.2) is 0 Å². The lowest BCUT2D eigenvalue weighted by Crippen LogP contribution is -2.43. The lowest BCUT2D eigenvalue weighted by atomic mass is 9.82. The largest absolute Gasteiger partial charge is 0.389 e. The van der Waals surface area contributed by atoms with Gasteiger partial charge in [-0.2, -0.15) is 0 Å². The predicted molar refractivity (Wildman–Crippen MR) is 56.7 cm³/mol. The molecule has 1 saturated carbocycles. The summed E-state index contributed by atoms with van der Waals surface area (Å²) in [7, 11) is 0. The maximum atomic E-state index is 10.0. The zero-order valence-electron chi connectivity index (χ0n) is 8.92. The van der Waals surface area contributed by atoms with Crippen molar-refractivity contribution in [3.05, 3.63) is 0 Å². The summed E-state index contributed by atoms with van der Waals surface area (Å²) in [4.78, 5) is 0. The highest BCUT2D eigenvalue weighted by Crippen LogP contribution is 2.27. The molecule has 0 amide bonds. The molecular weight excluding hydrogens is 176 g/mol. The van der Waals surface area contributed by atoms with Crippen molar-refractivity contribution >= 4 is 0 Å². The lowest BCUT2D eigenvalue weighted by molar-refractivity contribution is -0.0585. The molecule has 0 saturated heterocycles. The van der Waals surface area contributed by atoms with Crippen LogP contribution in [0.2, 0.25) is 0 Å². The van der Waals surface area contributed by atoms with Crippen LogP contribution in [0.25, 0.3) is 0 Å². The molecule has 80 valence electrons. The minimum atomic E-state index is -1.12. The molecule has 2 N–H and O–H groups in total. The SMILES string of the molecule is CCCCC#C[C@@]1(O)CCCC[C@@H]1O. The Labute approximate surface area is 86.3 Å². The summed E-state index contributed by atoms with van der Waals surface area (Å²) in [5.74, 6) is 5.81. The number of hydrogen-bond donors (Lipinski definition) is 2. The van der Waals surface area contributed by atoms with Gasteiger partial charge in [-0.1, -0.05) is 25.7 Å². The van der Waals surface area contributed by atoms with Crippen molar-refractivity contribution in [1.29, 1.82) is 0 Å². The molecule has 1 fully saturated rings. The smallest absolute Gasteiger partial charge is 0.151 e. The number of rotatable bonds is 2. The highest BCUT2D eigenvalue weighted by molar-refractivity contribution is 5.17. The molecule has 0 aromatic carbocycles. The van der Waals surface area contributed by atoms with E-state index in [-0.39, 0.29) is 0 Å². The molecule has 2 atom stereocenters. The van der Waals surface area contributed by atoms with Gasteiger partial charge in [0.25, 0.3) is 0 Å². The van der Waals surface area contributed by atoms with Crippen LogP contribution in [0.5, 0.6) is 0 Å². The first kappa shape index (κ1) is 11.6. The highest BCUT2D eigenvalue weighted by atomic mass is 16.3. The fraction of sp³-hybridized carbons (Fsp3) is 0.833. The first-order chi connectivity index (χ1) is 6.69. The maximum absolute atomic E-state index is 10.0. The quantitative estimate of drug-likeness (QED) is 0.522. The van der Waals surface area contributed by atoms with Crippen LogP contribution in [0, 0.1) is 11.8 Å². The van der Waals surface area contributed by atoms with Crippen LogP contribution < -0.4 is 0 Å². The van der Waals surface area contributed by atoms with E-state index < -0.39 is 11.7 Å². The molecule has 14 heavy (non-hydrogen) atoms. The number of aliphatic hydroxyl groups is 2. The normalized spacial score (nSPS) is 32.1. The first-order valence-electron chi connectivity index (χ1n) is 5.59. The topological polar surface area (TPSA) is 40.5 Å². The van der Waals surface area contributed by atoms with Gasteiger partial charge >= 0.3 is 0 Å². The summed E-state index contributed by atoms with van der Waals surface area (Å²) in [6.45, 7) is 2.12. The molecule has 0 unspecified atom stereocenters. The van der Waals surface area contributed by atoms with Crippen molar-refractivity contribution in [2.45, 2.75) is 63.6 Å². The van der Waals surface area contributed by atoms with Crippen LogP contribution >= 0.6 is 0 Å². The molecule has 0 radical (unpaired) electrons.